The average Bonchev–Trinajstić information content (AvgIpc) is 3.23. The van der Waals surface area contributed by atoms with Crippen LogP contribution >= 0.6 is 0 Å². The number of alkyl halides is 1. The predicted octanol–water partition coefficient (Wildman–Crippen LogP) is 4.55. The van der Waals surface area contributed by atoms with Gasteiger partial charge in [0, 0.05) is 11.5 Å². The Morgan fingerprint density at radius 1 is 1.31 bits per heavy atom. The smallest absolute Gasteiger partial charge is 0.188 e. The number of aromatic nitrogens is 4. The van der Waals surface area contributed by atoms with Gasteiger partial charge in [0.05, 0.1) is 42.0 Å². The lowest BCUT2D eigenvalue weighted by Gasteiger charge is -2.15. The van der Waals surface area contributed by atoms with E-state index in [2.05, 4.69) is 20.0 Å². The molecule has 6 nitrogen and oxygen atoms in total. The number of aryl methyl sites for hydroxylation is 1. The van der Waals surface area contributed by atoms with Crippen LogP contribution in [0.3, 0.4) is 0 Å². The summed E-state index contributed by atoms with van der Waals surface area (Å²) >= 11 is 0. The molecule has 0 aliphatic carbocycles. The van der Waals surface area contributed by atoms with Crippen molar-refractivity contribution in [2.75, 3.05) is 6.67 Å². The molecule has 0 aliphatic heterocycles. The highest BCUT2D eigenvalue weighted by molar-refractivity contribution is 6.03. The number of hydrogen-bond donors (Lipinski definition) is 0. The SMILES string of the molecule is [C-]#[N+]c1ccc2ncc3nc(Cc4cc(C)on4)n([C@@H](C)CF)c3c2c1. The highest BCUT2D eigenvalue weighted by atomic mass is 19.1. The molecule has 4 rings (SSSR count). The van der Waals surface area contributed by atoms with Crippen LogP contribution in [0.1, 0.15) is 30.2 Å². The van der Waals surface area contributed by atoms with E-state index >= 15 is 0 Å². The van der Waals surface area contributed by atoms with Crippen LogP contribution in [0.25, 0.3) is 26.8 Å². The third kappa shape index (κ3) is 2.60. The Labute approximate surface area is 149 Å². The number of hydrogen-bond acceptors (Lipinski definition) is 4. The molecule has 26 heavy (non-hydrogen) atoms. The predicted molar refractivity (Wildman–Crippen MR) is 96.0 cm³/mol. The quantitative estimate of drug-likeness (QED) is 0.507. The number of fused-ring (bicyclic) bond motifs is 3. The van der Waals surface area contributed by atoms with E-state index in [0.717, 1.165) is 27.9 Å². The summed E-state index contributed by atoms with van der Waals surface area (Å²) in [5.74, 6) is 1.41. The Morgan fingerprint density at radius 3 is 2.85 bits per heavy atom. The van der Waals surface area contributed by atoms with Gasteiger partial charge in [-0.1, -0.05) is 11.2 Å². The van der Waals surface area contributed by atoms with Gasteiger partial charge in [0.25, 0.3) is 0 Å². The first-order chi connectivity index (χ1) is 12.6. The van der Waals surface area contributed by atoms with Crippen LogP contribution in [0.4, 0.5) is 10.1 Å². The molecule has 3 aromatic heterocycles. The van der Waals surface area contributed by atoms with Crippen LogP contribution in [-0.4, -0.2) is 26.4 Å². The van der Waals surface area contributed by atoms with Crippen molar-refractivity contribution in [1.82, 2.24) is 19.7 Å². The maximum atomic E-state index is 13.6. The molecule has 0 N–H and O–H groups in total. The van der Waals surface area contributed by atoms with Crippen molar-refractivity contribution in [3.63, 3.8) is 0 Å². The second kappa shape index (κ2) is 6.23. The summed E-state index contributed by atoms with van der Waals surface area (Å²) in [4.78, 5) is 12.6. The fourth-order valence-corrected chi connectivity index (χ4v) is 3.21. The summed E-state index contributed by atoms with van der Waals surface area (Å²) < 4.78 is 20.6. The molecule has 7 heteroatoms. The summed E-state index contributed by atoms with van der Waals surface area (Å²) in [6.45, 7) is 10.4. The number of benzene rings is 1. The molecule has 0 saturated carbocycles. The van der Waals surface area contributed by atoms with Gasteiger partial charge in [-0.3, -0.25) is 4.98 Å². The van der Waals surface area contributed by atoms with Crippen LogP contribution < -0.4 is 0 Å². The Morgan fingerprint density at radius 2 is 2.15 bits per heavy atom. The second-order valence-corrected chi connectivity index (χ2v) is 6.31. The summed E-state index contributed by atoms with van der Waals surface area (Å²) in [5, 5.41) is 4.82. The van der Waals surface area contributed by atoms with Crippen LogP contribution in [0.15, 0.2) is 35.0 Å². The van der Waals surface area contributed by atoms with Crippen molar-refractivity contribution < 1.29 is 8.91 Å². The molecule has 0 unspecified atom stereocenters. The van der Waals surface area contributed by atoms with Crippen LogP contribution in [0, 0.1) is 13.5 Å². The van der Waals surface area contributed by atoms with Crippen molar-refractivity contribution in [1.29, 1.82) is 0 Å². The molecule has 3 heterocycles. The monoisotopic (exact) mass is 349 g/mol. The molecule has 130 valence electrons. The highest BCUT2D eigenvalue weighted by Gasteiger charge is 2.20. The lowest BCUT2D eigenvalue weighted by atomic mass is 10.1. The zero-order valence-electron chi connectivity index (χ0n) is 14.4. The van der Waals surface area contributed by atoms with E-state index in [-0.39, 0.29) is 0 Å². The van der Waals surface area contributed by atoms with E-state index in [1.165, 1.54) is 0 Å². The Balaban J connectivity index is 2.00. The third-order valence-corrected chi connectivity index (χ3v) is 4.38. The van der Waals surface area contributed by atoms with Crippen molar-refractivity contribution in [3.05, 3.63) is 59.2 Å². The Bertz CT molecular complexity index is 1150. The van der Waals surface area contributed by atoms with Gasteiger partial charge >= 0.3 is 0 Å². The van der Waals surface area contributed by atoms with Crippen LogP contribution in [-0.2, 0) is 6.42 Å². The first-order valence-corrected chi connectivity index (χ1v) is 8.26. The lowest BCUT2D eigenvalue weighted by Crippen LogP contribution is -2.12. The molecule has 4 aromatic rings. The summed E-state index contributed by atoms with van der Waals surface area (Å²) in [6, 6.07) is 6.76. The second-order valence-electron chi connectivity index (χ2n) is 6.31. The Kier molecular flexibility index (Phi) is 3.88. The fourth-order valence-electron chi connectivity index (χ4n) is 3.21. The number of rotatable bonds is 4. The van der Waals surface area contributed by atoms with E-state index in [1.807, 2.05) is 24.5 Å². The minimum absolute atomic E-state index is 0.398. The van der Waals surface area contributed by atoms with E-state index in [1.54, 1.807) is 24.4 Å². The van der Waals surface area contributed by atoms with E-state index in [0.29, 0.717) is 23.4 Å². The zero-order valence-corrected chi connectivity index (χ0v) is 14.4. The first-order valence-electron chi connectivity index (χ1n) is 8.26. The van der Waals surface area contributed by atoms with Crippen LogP contribution in [0.2, 0.25) is 0 Å². The summed E-state index contributed by atoms with van der Waals surface area (Å²) in [5.41, 5.74) is 3.47. The van der Waals surface area contributed by atoms with Crippen LogP contribution in [0.5, 0.6) is 0 Å². The number of imidazole rings is 1. The molecular formula is C19H16FN5O. The minimum Gasteiger partial charge on any atom is -0.361 e. The van der Waals surface area contributed by atoms with E-state index in [9.17, 15) is 4.39 Å². The third-order valence-electron chi connectivity index (χ3n) is 4.38. The van der Waals surface area contributed by atoms with Gasteiger partial charge in [-0.05, 0) is 26.0 Å². The molecule has 0 bridgehead atoms. The largest absolute Gasteiger partial charge is 0.361 e. The van der Waals surface area contributed by atoms with Gasteiger partial charge in [0.1, 0.15) is 23.8 Å². The van der Waals surface area contributed by atoms with Crippen molar-refractivity contribution in [3.8, 4) is 0 Å². The fraction of sp³-hybridized carbons (Fsp3) is 0.263. The molecular weight excluding hydrogens is 333 g/mol. The van der Waals surface area contributed by atoms with Gasteiger partial charge in [0.2, 0.25) is 0 Å². The molecule has 1 atom stereocenters. The molecule has 0 amide bonds. The standard InChI is InChI=1S/C19H16FN5O/c1-11(9-20)25-18(8-14-6-12(2)26-24-14)23-17-10-22-16-5-4-13(21-3)7-15(16)19(17)25/h4-7,10-11H,8-9H2,1-2H3/t11-/m0/s1. The number of halogens is 1. The molecule has 0 saturated heterocycles. The van der Waals surface area contributed by atoms with Gasteiger partial charge in [-0.25, -0.2) is 14.2 Å². The molecule has 0 radical (unpaired) electrons. The minimum atomic E-state index is -0.525. The van der Waals surface area contributed by atoms with E-state index < -0.39 is 12.7 Å². The number of pyridine rings is 1. The highest BCUT2D eigenvalue weighted by Crippen LogP contribution is 2.31. The average molecular weight is 349 g/mol. The maximum absolute atomic E-state index is 13.6. The van der Waals surface area contributed by atoms with Crippen molar-refractivity contribution in [2.45, 2.75) is 26.3 Å². The summed E-state index contributed by atoms with van der Waals surface area (Å²) in [6.07, 6.45) is 2.12. The van der Waals surface area contributed by atoms with Gasteiger partial charge < -0.3 is 9.09 Å². The normalized spacial score (nSPS) is 12.5. The summed E-state index contributed by atoms with van der Waals surface area (Å²) in [7, 11) is 0. The zero-order chi connectivity index (χ0) is 18.3. The van der Waals surface area contributed by atoms with E-state index in [4.69, 9.17) is 11.1 Å². The van der Waals surface area contributed by atoms with Crippen molar-refractivity contribution >= 4 is 27.6 Å². The van der Waals surface area contributed by atoms with Gasteiger partial charge in [-0.2, -0.15) is 0 Å². The Hall–Kier alpha value is -3.27. The molecule has 0 fully saturated rings. The number of nitrogens with zero attached hydrogens (tertiary/aromatic N) is 5. The molecule has 0 spiro atoms. The molecule has 1 aromatic carbocycles. The first kappa shape index (κ1) is 16.2. The lowest BCUT2D eigenvalue weighted by molar-refractivity contribution is 0.374. The van der Waals surface area contributed by atoms with Gasteiger partial charge in [0.15, 0.2) is 5.69 Å². The maximum Gasteiger partial charge on any atom is 0.188 e. The van der Waals surface area contributed by atoms with Crippen molar-refractivity contribution in [2.24, 2.45) is 0 Å². The topological polar surface area (TPSA) is 61.1 Å². The van der Waals surface area contributed by atoms with Gasteiger partial charge in [-0.15, -0.1) is 0 Å². The molecule has 0 aliphatic rings.